The Morgan fingerprint density at radius 2 is 1.80 bits per heavy atom. The lowest BCUT2D eigenvalue weighted by Crippen LogP contribution is -2.41. The van der Waals surface area contributed by atoms with Gasteiger partial charge in [0, 0.05) is 19.3 Å². The van der Waals surface area contributed by atoms with E-state index in [1.54, 1.807) is 30.0 Å². The molecule has 112 valence electrons. The molecule has 0 saturated carbocycles. The van der Waals surface area contributed by atoms with Crippen molar-refractivity contribution in [2.75, 3.05) is 24.7 Å². The van der Waals surface area contributed by atoms with Crippen LogP contribution in [-0.4, -0.2) is 44.6 Å². The third-order valence-electron chi connectivity index (χ3n) is 3.10. The molecule has 0 heterocycles. The number of nitrogens with zero attached hydrogens (tertiary/aromatic N) is 1. The summed E-state index contributed by atoms with van der Waals surface area (Å²) < 4.78 is 23.4. The molecule has 0 aliphatic heterocycles. The van der Waals surface area contributed by atoms with E-state index in [1.807, 2.05) is 13.8 Å². The number of benzene rings is 1. The Bertz CT molecular complexity index is 566. The van der Waals surface area contributed by atoms with Gasteiger partial charge in [0.05, 0.1) is 10.6 Å². The maximum atomic E-state index is 12.2. The fourth-order valence-corrected chi connectivity index (χ4v) is 2.87. The Kier molecular flexibility index (Phi) is 5.56. The molecule has 1 N–H and O–H groups in total. The summed E-state index contributed by atoms with van der Waals surface area (Å²) in [6.07, 6.45) is 1.16. The number of hydrogen-bond donors (Lipinski definition) is 1. The average Bonchev–Trinajstić information content (AvgIpc) is 2.39. The number of carbonyl (C=O) groups excluding carboxylic acids is 1. The summed E-state index contributed by atoms with van der Waals surface area (Å²) in [4.78, 5) is 14.1. The van der Waals surface area contributed by atoms with Gasteiger partial charge in [-0.1, -0.05) is 12.1 Å². The SMILES string of the molecule is CCN(CC)C(=O)C(C)Nc1ccccc1S(C)(=O)=O. The molecule has 1 rings (SSSR count). The van der Waals surface area contributed by atoms with E-state index < -0.39 is 15.9 Å². The van der Waals surface area contributed by atoms with Gasteiger partial charge in [-0.05, 0) is 32.9 Å². The Balaban J connectivity index is 2.97. The normalized spacial score (nSPS) is 12.8. The summed E-state index contributed by atoms with van der Waals surface area (Å²) in [7, 11) is -3.32. The number of anilines is 1. The lowest BCUT2D eigenvalue weighted by atomic mass is 10.2. The minimum atomic E-state index is -3.32. The molecular formula is C14H22N2O3S. The van der Waals surface area contributed by atoms with Crippen molar-refractivity contribution in [3.63, 3.8) is 0 Å². The molecule has 6 heteroatoms. The second-order valence-corrected chi connectivity index (χ2v) is 6.63. The molecule has 0 bridgehead atoms. The first-order valence-corrected chi connectivity index (χ1v) is 8.54. The quantitative estimate of drug-likeness (QED) is 0.869. The minimum absolute atomic E-state index is 0.0432. The molecule has 5 nitrogen and oxygen atoms in total. The van der Waals surface area contributed by atoms with Crippen molar-refractivity contribution in [3.05, 3.63) is 24.3 Å². The zero-order valence-electron chi connectivity index (χ0n) is 12.4. The smallest absolute Gasteiger partial charge is 0.244 e. The Labute approximate surface area is 120 Å². The van der Waals surface area contributed by atoms with E-state index in [1.165, 1.54) is 6.07 Å². The summed E-state index contributed by atoms with van der Waals surface area (Å²) in [6.45, 7) is 6.83. The van der Waals surface area contributed by atoms with E-state index in [9.17, 15) is 13.2 Å². The number of nitrogens with one attached hydrogen (secondary N) is 1. The lowest BCUT2D eigenvalue weighted by molar-refractivity contribution is -0.131. The number of carbonyl (C=O) groups is 1. The van der Waals surface area contributed by atoms with Gasteiger partial charge in [0.2, 0.25) is 5.91 Å². The molecule has 1 aromatic rings. The molecule has 1 unspecified atom stereocenters. The zero-order valence-corrected chi connectivity index (χ0v) is 13.2. The highest BCUT2D eigenvalue weighted by Crippen LogP contribution is 2.21. The standard InChI is InChI=1S/C14H22N2O3S/c1-5-16(6-2)14(17)11(3)15-12-9-7-8-10-13(12)20(4,18)19/h7-11,15H,5-6H2,1-4H3. The number of hydrogen-bond acceptors (Lipinski definition) is 4. The first-order chi connectivity index (χ1) is 9.31. The molecular weight excluding hydrogens is 276 g/mol. The molecule has 1 atom stereocenters. The van der Waals surface area contributed by atoms with Crippen molar-refractivity contribution in [2.45, 2.75) is 31.7 Å². The van der Waals surface area contributed by atoms with Crippen molar-refractivity contribution in [1.82, 2.24) is 4.90 Å². The Morgan fingerprint density at radius 1 is 1.25 bits per heavy atom. The van der Waals surface area contributed by atoms with Crippen LogP contribution in [-0.2, 0) is 14.6 Å². The van der Waals surface area contributed by atoms with Gasteiger partial charge in [-0.3, -0.25) is 4.79 Å². The van der Waals surface area contributed by atoms with Gasteiger partial charge in [0.25, 0.3) is 0 Å². The molecule has 0 fully saturated rings. The van der Waals surface area contributed by atoms with Crippen LogP contribution >= 0.6 is 0 Å². The van der Waals surface area contributed by atoms with Crippen LogP contribution in [0.5, 0.6) is 0 Å². The maximum Gasteiger partial charge on any atom is 0.244 e. The van der Waals surface area contributed by atoms with Crippen molar-refractivity contribution in [3.8, 4) is 0 Å². The van der Waals surface area contributed by atoms with Crippen LogP contribution in [0, 0.1) is 0 Å². The average molecular weight is 298 g/mol. The fraction of sp³-hybridized carbons (Fsp3) is 0.500. The second-order valence-electron chi connectivity index (χ2n) is 4.64. The van der Waals surface area contributed by atoms with Crippen LogP contribution in [0.2, 0.25) is 0 Å². The van der Waals surface area contributed by atoms with Gasteiger partial charge in [0.15, 0.2) is 9.84 Å². The number of rotatable bonds is 6. The van der Waals surface area contributed by atoms with Gasteiger partial charge in [-0.15, -0.1) is 0 Å². The summed E-state index contributed by atoms with van der Waals surface area (Å²) in [5, 5.41) is 3.00. The molecule has 0 saturated heterocycles. The van der Waals surface area contributed by atoms with Gasteiger partial charge in [-0.2, -0.15) is 0 Å². The molecule has 0 aliphatic carbocycles. The first-order valence-electron chi connectivity index (χ1n) is 6.65. The number of sulfone groups is 1. The fourth-order valence-electron chi connectivity index (χ4n) is 2.01. The van der Waals surface area contributed by atoms with Crippen LogP contribution in [0.15, 0.2) is 29.2 Å². The predicted octanol–water partition coefficient (Wildman–Crippen LogP) is 1.76. The Hall–Kier alpha value is -1.56. The highest BCUT2D eigenvalue weighted by atomic mass is 32.2. The van der Waals surface area contributed by atoms with Crippen LogP contribution in [0.25, 0.3) is 0 Å². The maximum absolute atomic E-state index is 12.2. The monoisotopic (exact) mass is 298 g/mol. The van der Waals surface area contributed by atoms with Crippen molar-refractivity contribution in [2.24, 2.45) is 0 Å². The molecule has 20 heavy (non-hydrogen) atoms. The van der Waals surface area contributed by atoms with Crippen LogP contribution < -0.4 is 5.32 Å². The van der Waals surface area contributed by atoms with Crippen LogP contribution in [0.4, 0.5) is 5.69 Å². The number of likely N-dealkylation sites (N-methyl/N-ethyl adjacent to an activating group) is 1. The van der Waals surface area contributed by atoms with Crippen molar-refractivity contribution >= 4 is 21.4 Å². The van der Waals surface area contributed by atoms with E-state index in [4.69, 9.17) is 0 Å². The lowest BCUT2D eigenvalue weighted by Gasteiger charge is -2.24. The van der Waals surface area contributed by atoms with E-state index in [-0.39, 0.29) is 10.8 Å². The number of para-hydroxylation sites is 1. The number of amides is 1. The van der Waals surface area contributed by atoms with Crippen LogP contribution in [0.1, 0.15) is 20.8 Å². The Morgan fingerprint density at radius 3 is 2.30 bits per heavy atom. The first kappa shape index (κ1) is 16.5. The molecule has 1 amide bonds. The predicted molar refractivity (Wildman–Crippen MR) is 80.6 cm³/mol. The molecule has 0 aliphatic rings. The molecule has 0 aromatic heterocycles. The van der Waals surface area contributed by atoms with Gasteiger partial charge >= 0.3 is 0 Å². The highest BCUT2D eigenvalue weighted by Gasteiger charge is 2.20. The third kappa shape index (κ3) is 3.96. The van der Waals surface area contributed by atoms with Crippen molar-refractivity contribution < 1.29 is 13.2 Å². The molecule has 0 radical (unpaired) electrons. The zero-order chi connectivity index (χ0) is 15.3. The van der Waals surface area contributed by atoms with E-state index in [0.29, 0.717) is 18.8 Å². The summed E-state index contributed by atoms with van der Waals surface area (Å²) in [5.41, 5.74) is 0.461. The van der Waals surface area contributed by atoms with Crippen molar-refractivity contribution in [1.29, 1.82) is 0 Å². The van der Waals surface area contributed by atoms with Crippen LogP contribution in [0.3, 0.4) is 0 Å². The van der Waals surface area contributed by atoms with E-state index in [2.05, 4.69) is 5.32 Å². The van der Waals surface area contributed by atoms with Gasteiger partial charge < -0.3 is 10.2 Å². The topological polar surface area (TPSA) is 66.5 Å². The van der Waals surface area contributed by atoms with E-state index in [0.717, 1.165) is 6.26 Å². The van der Waals surface area contributed by atoms with Gasteiger partial charge in [0.1, 0.15) is 6.04 Å². The summed E-state index contributed by atoms with van der Waals surface area (Å²) in [6, 6.07) is 6.14. The highest BCUT2D eigenvalue weighted by molar-refractivity contribution is 7.90. The third-order valence-corrected chi connectivity index (χ3v) is 4.26. The second kappa shape index (κ2) is 6.74. The molecule has 0 spiro atoms. The summed E-state index contributed by atoms with van der Waals surface area (Å²) in [5.74, 6) is -0.0432. The van der Waals surface area contributed by atoms with E-state index >= 15 is 0 Å². The minimum Gasteiger partial charge on any atom is -0.373 e. The summed E-state index contributed by atoms with van der Waals surface area (Å²) >= 11 is 0. The molecule has 1 aromatic carbocycles. The largest absolute Gasteiger partial charge is 0.373 e. The van der Waals surface area contributed by atoms with Gasteiger partial charge in [-0.25, -0.2) is 8.42 Å².